The summed E-state index contributed by atoms with van der Waals surface area (Å²) in [5, 5.41) is -0.311. The van der Waals surface area contributed by atoms with Crippen molar-refractivity contribution in [1.82, 2.24) is 4.90 Å². The summed E-state index contributed by atoms with van der Waals surface area (Å²) in [4.78, 5) is 52.9. The molecule has 1 heterocycles. The number of hydrogen-bond donors (Lipinski definition) is 0. The van der Waals surface area contributed by atoms with Gasteiger partial charge in [-0.25, -0.2) is 0 Å². The van der Waals surface area contributed by atoms with E-state index in [9.17, 15) is 19.2 Å². The van der Waals surface area contributed by atoms with Gasteiger partial charge in [-0.2, -0.15) is 0 Å². The van der Waals surface area contributed by atoms with Crippen LogP contribution in [0.2, 0.25) is 0 Å². The number of β-lactam (4-membered cyclic amide) rings is 1. The summed E-state index contributed by atoms with van der Waals surface area (Å²) in [5.41, 5.74) is 1.12. The number of amides is 1. The molecular weight excluding hydrogens is 703 g/mol. The van der Waals surface area contributed by atoms with E-state index >= 15 is 0 Å². The molecule has 9 heteroatoms. The van der Waals surface area contributed by atoms with Crippen LogP contribution in [0.5, 0.6) is 0 Å². The van der Waals surface area contributed by atoms with Gasteiger partial charge in [-0.3, -0.25) is 0 Å². The van der Waals surface area contributed by atoms with Gasteiger partial charge in [-0.15, -0.1) is 0 Å². The predicted octanol–water partition coefficient (Wildman–Crippen LogP) is 4.80. The number of carbonyl (C=O) groups is 4. The monoisotopic (exact) mass is 739 g/mol. The van der Waals surface area contributed by atoms with Gasteiger partial charge in [-0.05, 0) is 0 Å². The van der Waals surface area contributed by atoms with Crippen molar-refractivity contribution in [1.29, 1.82) is 0 Å². The molecule has 7 nitrogen and oxygen atoms in total. The Balaban J connectivity index is 1.71. The average Bonchev–Trinajstić information content (AvgIpc) is 2.90. The van der Waals surface area contributed by atoms with Gasteiger partial charge in [0, 0.05) is 0 Å². The standard InChI is InChI=1S/C24H31NO6S.C6H5.Hg/c1-15(2)19(22(28)30-14-31-23(29)24(3,4)5)25-20(27)18(21(25)32)13-17(26)12-11-16-9-7-6-8-10-16;1-2-4-6-5-3-1;/h6-10,18,21,32H,11-14H2,1-5H3;1-5H;/q;;+1/p-1/t18-,21-;;/m1../s1. The maximum atomic E-state index is 13.4. The molecule has 0 aromatic heterocycles. The molecule has 3 rings (SSSR count). The van der Waals surface area contributed by atoms with Crippen molar-refractivity contribution in [2.75, 3.05) is 6.79 Å². The fraction of sp³-hybridized carbons (Fsp3) is 0.400. The zero-order valence-electron chi connectivity index (χ0n) is 23.3. The van der Waals surface area contributed by atoms with Crippen molar-refractivity contribution in [3.63, 3.8) is 0 Å². The zero-order valence-corrected chi connectivity index (χ0v) is 29.6. The number of ketones is 1. The molecule has 0 aliphatic carbocycles. The number of carbonyl (C=O) groups excluding carboxylic acids is 4. The summed E-state index contributed by atoms with van der Waals surface area (Å²) in [7, 11) is 1.74. The first-order chi connectivity index (χ1) is 18.5. The van der Waals surface area contributed by atoms with Gasteiger partial charge in [0.1, 0.15) is 0 Å². The van der Waals surface area contributed by atoms with Crippen molar-refractivity contribution in [2.24, 2.45) is 11.3 Å². The van der Waals surface area contributed by atoms with E-state index in [4.69, 9.17) is 9.47 Å². The quantitative estimate of drug-likeness (QED) is 0.102. The predicted molar refractivity (Wildman–Crippen MR) is 147 cm³/mol. The number of likely N-dealkylation sites (tertiary alicyclic amines) is 1. The van der Waals surface area contributed by atoms with Gasteiger partial charge >= 0.3 is 246 Å². The Morgan fingerprint density at radius 1 is 0.949 bits per heavy atom. The Kier molecular flexibility index (Phi) is 11.4. The summed E-state index contributed by atoms with van der Waals surface area (Å²) >= 11 is -1.72. The Labute approximate surface area is 245 Å². The molecule has 0 N–H and O–H groups in total. The first kappa shape index (κ1) is 31.1. The number of rotatable bonds is 12. The molecule has 1 aliphatic rings. The second-order valence-electron chi connectivity index (χ2n) is 10.8. The summed E-state index contributed by atoms with van der Waals surface area (Å²) in [6.45, 7) is 8.08. The minimum atomic E-state index is -1.72. The second-order valence-corrected chi connectivity index (χ2v) is 22.3. The van der Waals surface area contributed by atoms with Gasteiger partial charge in [0.15, 0.2) is 0 Å². The molecular formula is C30H35HgNO6S. The number of hydrogen-bond acceptors (Lipinski definition) is 7. The van der Waals surface area contributed by atoms with E-state index in [1.54, 1.807) is 42.9 Å². The van der Waals surface area contributed by atoms with E-state index in [0.29, 0.717) is 18.4 Å². The van der Waals surface area contributed by atoms with Crippen molar-refractivity contribution < 1.29 is 51.7 Å². The first-order valence-electron chi connectivity index (χ1n) is 13.0. The second kappa shape index (κ2) is 14.3. The molecule has 39 heavy (non-hydrogen) atoms. The SMILES string of the molecule is CC(C)=C(C(=O)OCOC(=O)C(C)(C)C)N1C(=O)[C@@H](CC(=O)CCc2ccccc2)[C@H]1[S][Hg][c]1ccccc1. The van der Waals surface area contributed by atoms with Crippen LogP contribution < -0.4 is 3.07 Å². The molecule has 2 aromatic rings. The Bertz CT molecular complexity index is 1200. The number of ether oxygens (including phenoxy) is 2. The van der Waals surface area contributed by atoms with Gasteiger partial charge in [0.2, 0.25) is 0 Å². The topological polar surface area (TPSA) is 90.0 Å². The fourth-order valence-electron chi connectivity index (χ4n) is 4.14. The summed E-state index contributed by atoms with van der Waals surface area (Å²) < 4.78 is 11.6. The third-order valence-corrected chi connectivity index (χ3v) is 19.3. The van der Waals surface area contributed by atoms with Crippen LogP contribution in [0.25, 0.3) is 0 Å². The van der Waals surface area contributed by atoms with E-state index in [-0.39, 0.29) is 29.2 Å². The molecule has 1 aliphatic heterocycles. The van der Waals surface area contributed by atoms with Crippen molar-refractivity contribution in [3.05, 3.63) is 77.5 Å². The van der Waals surface area contributed by atoms with Crippen LogP contribution in [0.15, 0.2) is 71.9 Å². The van der Waals surface area contributed by atoms with E-state index in [2.05, 4.69) is 12.1 Å². The van der Waals surface area contributed by atoms with Gasteiger partial charge in [0.25, 0.3) is 0 Å². The molecule has 0 unspecified atom stereocenters. The first-order valence-corrected chi connectivity index (χ1v) is 23.6. The maximum absolute atomic E-state index is 13.4. The van der Waals surface area contributed by atoms with Crippen LogP contribution in [0.1, 0.15) is 53.0 Å². The van der Waals surface area contributed by atoms with E-state index in [1.165, 1.54) is 7.97 Å². The minimum absolute atomic E-state index is 0.0363. The van der Waals surface area contributed by atoms with Gasteiger partial charge < -0.3 is 0 Å². The molecule has 1 saturated heterocycles. The molecule has 1 fully saturated rings. The summed E-state index contributed by atoms with van der Waals surface area (Å²) in [6, 6.07) is 20.0. The van der Waals surface area contributed by atoms with Gasteiger partial charge in [-0.1, -0.05) is 0 Å². The van der Waals surface area contributed by atoms with Crippen molar-refractivity contribution in [2.45, 2.75) is 59.3 Å². The molecule has 2 atom stereocenters. The number of aryl methyl sites for hydroxylation is 1. The normalized spacial score (nSPS) is 16.5. The van der Waals surface area contributed by atoms with Crippen molar-refractivity contribution in [3.8, 4) is 0 Å². The molecule has 0 saturated carbocycles. The number of Topliss-reactive ketones (excluding diaryl/α,β-unsaturated/α-hetero) is 1. The summed E-state index contributed by atoms with van der Waals surface area (Å²) in [5.74, 6) is -1.91. The number of esters is 2. The fourth-order valence-corrected chi connectivity index (χ4v) is 17.5. The van der Waals surface area contributed by atoms with Crippen LogP contribution in [-0.4, -0.2) is 40.7 Å². The zero-order chi connectivity index (χ0) is 28.6. The van der Waals surface area contributed by atoms with Crippen LogP contribution in [-0.2, 0) is 58.1 Å². The van der Waals surface area contributed by atoms with E-state index < -0.39 is 53.1 Å². The Hall–Kier alpha value is -2.45. The molecule has 1 amide bonds. The van der Waals surface area contributed by atoms with Crippen molar-refractivity contribution >= 4 is 34.9 Å². The third kappa shape index (κ3) is 8.77. The molecule has 0 radical (unpaired) electrons. The average molecular weight is 738 g/mol. The summed E-state index contributed by atoms with van der Waals surface area (Å²) in [6.07, 6.45) is 1.15. The number of nitrogens with zero attached hydrogens (tertiary/aromatic N) is 1. The van der Waals surface area contributed by atoms with Gasteiger partial charge in [0.05, 0.1) is 0 Å². The number of benzene rings is 2. The van der Waals surface area contributed by atoms with Crippen LogP contribution in [0.4, 0.5) is 0 Å². The number of allylic oxidation sites excluding steroid dienone is 1. The molecule has 204 valence electrons. The Morgan fingerprint density at radius 3 is 2.15 bits per heavy atom. The van der Waals surface area contributed by atoms with E-state index in [0.717, 1.165) is 5.56 Å². The van der Waals surface area contributed by atoms with Crippen LogP contribution in [0.3, 0.4) is 0 Å². The molecule has 2 aromatic carbocycles. The van der Waals surface area contributed by atoms with E-state index in [1.807, 2.05) is 48.5 Å². The van der Waals surface area contributed by atoms with Crippen LogP contribution in [0, 0.1) is 11.3 Å². The Morgan fingerprint density at radius 2 is 1.56 bits per heavy atom. The third-order valence-electron chi connectivity index (χ3n) is 6.30. The molecule has 0 bridgehead atoms. The van der Waals surface area contributed by atoms with Crippen LogP contribution >= 0.6 is 8.24 Å². The molecule has 0 spiro atoms.